The zero-order valence-corrected chi connectivity index (χ0v) is 13.8. The Balaban J connectivity index is 1.63. The van der Waals surface area contributed by atoms with Crippen LogP contribution >= 0.6 is 23.1 Å². The maximum Gasteiger partial charge on any atom is 0.228 e. The molecule has 112 valence electrons. The number of carbonyl (C=O) groups excluding carboxylic acids is 1. The molecule has 0 saturated heterocycles. The molecule has 3 rings (SSSR count). The number of amides is 1. The van der Waals surface area contributed by atoms with Crippen LogP contribution in [-0.2, 0) is 11.2 Å². The molecule has 0 bridgehead atoms. The molecule has 0 radical (unpaired) electrons. The van der Waals surface area contributed by atoms with Crippen molar-refractivity contribution in [1.29, 1.82) is 0 Å². The Kier molecular flexibility index (Phi) is 4.75. The quantitative estimate of drug-likeness (QED) is 0.697. The molecule has 1 aromatic heterocycles. The number of thioether (sulfide) groups is 1. The highest BCUT2D eigenvalue weighted by molar-refractivity contribution is 7.99. The van der Waals surface area contributed by atoms with Gasteiger partial charge in [-0.3, -0.25) is 4.79 Å². The van der Waals surface area contributed by atoms with Gasteiger partial charge in [-0.05, 0) is 41.6 Å². The standard InChI is InChI=1S/C17H16N2OS2/c1-2-21-14-6-3-12(4-7-14)9-17(20)19-13-5-8-15-16(10-13)22-11-18-15/h3-8,10-11H,2,9H2,1H3,(H,19,20). The van der Waals surface area contributed by atoms with Crippen molar-refractivity contribution in [3.05, 3.63) is 53.5 Å². The number of anilines is 1. The van der Waals surface area contributed by atoms with Crippen molar-refractivity contribution in [2.45, 2.75) is 18.2 Å². The van der Waals surface area contributed by atoms with Gasteiger partial charge in [0.2, 0.25) is 5.91 Å². The summed E-state index contributed by atoms with van der Waals surface area (Å²) in [4.78, 5) is 17.6. The molecule has 0 atom stereocenters. The number of aromatic nitrogens is 1. The van der Waals surface area contributed by atoms with E-state index in [1.807, 2.05) is 35.8 Å². The van der Waals surface area contributed by atoms with E-state index in [9.17, 15) is 4.79 Å². The van der Waals surface area contributed by atoms with Crippen LogP contribution in [0.2, 0.25) is 0 Å². The van der Waals surface area contributed by atoms with E-state index in [0.717, 1.165) is 27.2 Å². The van der Waals surface area contributed by atoms with Gasteiger partial charge in [0.15, 0.2) is 0 Å². The molecule has 0 unspecified atom stereocenters. The van der Waals surface area contributed by atoms with E-state index in [1.165, 1.54) is 4.90 Å². The fourth-order valence-corrected chi connectivity index (χ4v) is 3.57. The number of fused-ring (bicyclic) bond motifs is 1. The molecule has 1 N–H and O–H groups in total. The second-order valence-electron chi connectivity index (χ2n) is 4.84. The molecule has 0 spiro atoms. The van der Waals surface area contributed by atoms with E-state index in [1.54, 1.807) is 23.1 Å². The van der Waals surface area contributed by atoms with Crippen LogP contribution in [0.25, 0.3) is 10.2 Å². The monoisotopic (exact) mass is 328 g/mol. The van der Waals surface area contributed by atoms with Gasteiger partial charge in [-0.1, -0.05) is 19.1 Å². The van der Waals surface area contributed by atoms with E-state index in [2.05, 4.69) is 29.4 Å². The van der Waals surface area contributed by atoms with Crippen molar-refractivity contribution < 1.29 is 4.79 Å². The summed E-state index contributed by atoms with van der Waals surface area (Å²) in [5.74, 6) is 1.06. The van der Waals surface area contributed by atoms with Gasteiger partial charge in [0.25, 0.3) is 0 Å². The topological polar surface area (TPSA) is 42.0 Å². The number of nitrogens with zero attached hydrogens (tertiary/aromatic N) is 1. The summed E-state index contributed by atoms with van der Waals surface area (Å²) in [5.41, 5.74) is 4.62. The molecule has 3 aromatic rings. The maximum atomic E-state index is 12.1. The minimum atomic E-state index is -0.000222. The lowest BCUT2D eigenvalue weighted by Crippen LogP contribution is -2.14. The minimum absolute atomic E-state index is 0.000222. The van der Waals surface area contributed by atoms with Crippen molar-refractivity contribution in [1.82, 2.24) is 4.98 Å². The minimum Gasteiger partial charge on any atom is -0.326 e. The van der Waals surface area contributed by atoms with Gasteiger partial charge in [0.1, 0.15) is 0 Å². The van der Waals surface area contributed by atoms with E-state index in [0.29, 0.717) is 6.42 Å². The molecule has 1 heterocycles. The molecule has 3 nitrogen and oxygen atoms in total. The van der Waals surface area contributed by atoms with Gasteiger partial charge < -0.3 is 5.32 Å². The SMILES string of the molecule is CCSc1ccc(CC(=O)Nc2ccc3ncsc3c2)cc1. The number of hydrogen-bond acceptors (Lipinski definition) is 4. The second-order valence-corrected chi connectivity index (χ2v) is 7.06. The summed E-state index contributed by atoms with van der Waals surface area (Å²) in [5, 5.41) is 2.95. The third-order valence-electron chi connectivity index (χ3n) is 3.21. The first-order valence-corrected chi connectivity index (χ1v) is 8.96. The molecule has 22 heavy (non-hydrogen) atoms. The van der Waals surface area contributed by atoms with Gasteiger partial charge in [0.05, 0.1) is 22.1 Å². The first-order chi connectivity index (χ1) is 10.7. The summed E-state index contributed by atoms with van der Waals surface area (Å²) < 4.78 is 1.08. The molecule has 0 aliphatic rings. The summed E-state index contributed by atoms with van der Waals surface area (Å²) in [6, 6.07) is 14.0. The zero-order chi connectivity index (χ0) is 15.4. The third-order valence-corrected chi connectivity index (χ3v) is 4.90. The van der Waals surface area contributed by atoms with Gasteiger partial charge >= 0.3 is 0 Å². The largest absolute Gasteiger partial charge is 0.326 e. The molecular weight excluding hydrogens is 312 g/mol. The van der Waals surface area contributed by atoms with Crippen LogP contribution in [0.5, 0.6) is 0 Å². The van der Waals surface area contributed by atoms with Crippen molar-refractivity contribution in [3.63, 3.8) is 0 Å². The molecule has 0 aliphatic carbocycles. The summed E-state index contributed by atoms with van der Waals surface area (Å²) in [6.45, 7) is 2.13. The highest BCUT2D eigenvalue weighted by Crippen LogP contribution is 2.22. The number of hydrogen-bond donors (Lipinski definition) is 1. The fourth-order valence-electron chi connectivity index (χ4n) is 2.19. The van der Waals surface area contributed by atoms with E-state index in [-0.39, 0.29) is 5.91 Å². The normalized spacial score (nSPS) is 10.8. The predicted octanol–water partition coefficient (Wildman–Crippen LogP) is 4.59. The van der Waals surface area contributed by atoms with Crippen molar-refractivity contribution in [2.75, 3.05) is 11.1 Å². The molecule has 1 amide bonds. The van der Waals surface area contributed by atoms with Gasteiger partial charge in [0, 0.05) is 10.6 Å². The number of benzene rings is 2. The Hall–Kier alpha value is -1.85. The molecule has 5 heteroatoms. The first kappa shape index (κ1) is 15.1. The summed E-state index contributed by atoms with van der Waals surface area (Å²) in [6.07, 6.45) is 0.387. The average Bonchev–Trinajstić information content (AvgIpc) is 2.97. The summed E-state index contributed by atoms with van der Waals surface area (Å²) in [7, 11) is 0. The molecule has 0 fully saturated rings. The predicted molar refractivity (Wildman–Crippen MR) is 94.8 cm³/mol. The number of rotatable bonds is 5. The van der Waals surface area contributed by atoms with Gasteiger partial charge in [-0.25, -0.2) is 4.98 Å². The Bertz CT molecular complexity index is 781. The molecule has 0 aliphatic heterocycles. The Morgan fingerprint density at radius 1 is 1.23 bits per heavy atom. The zero-order valence-electron chi connectivity index (χ0n) is 12.2. The maximum absolute atomic E-state index is 12.1. The van der Waals surface area contributed by atoms with Crippen LogP contribution in [0, 0.1) is 0 Å². The smallest absolute Gasteiger partial charge is 0.228 e. The van der Waals surface area contributed by atoms with Crippen molar-refractivity contribution in [2.24, 2.45) is 0 Å². The van der Waals surface area contributed by atoms with Crippen LogP contribution < -0.4 is 5.32 Å². The summed E-state index contributed by atoms with van der Waals surface area (Å²) >= 11 is 3.38. The number of thiazole rings is 1. The lowest BCUT2D eigenvalue weighted by Gasteiger charge is -2.06. The van der Waals surface area contributed by atoms with Crippen molar-refractivity contribution >= 4 is 44.9 Å². The van der Waals surface area contributed by atoms with E-state index < -0.39 is 0 Å². The Morgan fingerprint density at radius 3 is 2.82 bits per heavy atom. The lowest BCUT2D eigenvalue weighted by molar-refractivity contribution is -0.115. The van der Waals surface area contributed by atoms with E-state index >= 15 is 0 Å². The van der Waals surface area contributed by atoms with E-state index in [4.69, 9.17) is 0 Å². The number of carbonyl (C=O) groups is 1. The van der Waals surface area contributed by atoms with Gasteiger partial charge in [-0.15, -0.1) is 23.1 Å². The molecule has 0 saturated carbocycles. The van der Waals surface area contributed by atoms with Crippen LogP contribution in [0.15, 0.2) is 52.9 Å². The first-order valence-electron chi connectivity index (χ1n) is 7.09. The fraction of sp³-hybridized carbons (Fsp3) is 0.176. The third kappa shape index (κ3) is 3.67. The van der Waals surface area contributed by atoms with Crippen molar-refractivity contribution in [3.8, 4) is 0 Å². The Morgan fingerprint density at radius 2 is 2.05 bits per heavy atom. The Labute approximate surface area is 137 Å². The highest BCUT2D eigenvalue weighted by atomic mass is 32.2. The van der Waals surface area contributed by atoms with Crippen LogP contribution in [0.3, 0.4) is 0 Å². The molecule has 2 aromatic carbocycles. The number of nitrogens with one attached hydrogen (secondary N) is 1. The highest BCUT2D eigenvalue weighted by Gasteiger charge is 2.06. The van der Waals surface area contributed by atoms with Crippen LogP contribution in [0.1, 0.15) is 12.5 Å². The lowest BCUT2D eigenvalue weighted by atomic mass is 10.1. The molecular formula is C17H16N2OS2. The average molecular weight is 328 g/mol. The van der Waals surface area contributed by atoms with Crippen LogP contribution in [0.4, 0.5) is 5.69 Å². The van der Waals surface area contributed by atoms with Gasteiger partial charge in [-0.2, -0.15) is 0 Å². The van der Waals surface area contributed by atoms with Crippen LogP contribution in [-0.4, -0.2) is 16.6 Å². The second kappa shape index (κ2) is 6.94.